The highest BCUT2D eigenvalue weighted by Crippen LogP contribution is 2.31. The van der Waals surface area contributed by atoms with Crippen LogP contribution in [-0.4, -0.2) is 41.8 Å². The Morgan fingerprint density at radius 3 is 2.62 bits per heavy atom. The fourth-order valence-electron chi connectivity index (χ4n) is 3.42. The Bertz CT molecular complexity index is 901. The third-order valence-corrected chi connectivity index (χ3v) is 5.36. The van der Waals surface area contributed by atoms with Crippen molar-refractivity contribution in [3.63, 3.8) is 0 Å². The number of rotatable bonds is 12. The standard InChI is InChI=1S/C25H35N3O4/c1-5-8-10-19(6-2)26-25(31)28(4)23-12-9-11-21(27-23)20-15-13-18(14-16-24(29)30)17-22(20)32-7-3/h9,11-13,15,17,19H,5-8,10,14,16H2,1-4H3,(H,26,31)(H,29,30). The molecule has 0 radical (unpaired) electrons. The van der Waals surface area contributed by atoms with Crippen LogP contribution in [0.3, 0.4) is 0 Å². The lowest BCUT2D eigenvalue weighted by Crippen LogP contribution is -2.43. The Kier molecular flexibility index (Phi) is 9.98. The highest BCUT2D eigenvalue weighted by atomic mass is 16.5. The van der Waals surface area contributed by atoms with Gasteiger partial charge in [-0.3, -0.25) is 9.69 Å². The molecule has 0 aliphatic rings. The maximum atomic E-state index is 12.8. The third kappa shape index (κ3) is 7.25. The van der Waals surface area contributed by atoms with Crippen molar-refractivity contribution in [3.05, 3.63) is 42.0 Å². The van der Waals surface area contributed by atoms with Gasteiger partial charge in [-0.2, -0.15) is 0 Å². The average Bonchev–Trinajstić information content (AvgIpc) is 2.80. The van der Waals surface area contributed by atoms with E-state index in [9.17, 15) is 9.59 Å². The molecule has 1 unspecified atom stereocenters. The van der Waals surface area contributed by atoms with Crippen LogP contribution in [0.1, 0.15) is 58.4 Å². The van der Waals surface area contributed by atoms with E-state index < -0.39 is 5.97 Å². The minimum atomic E-state index is -0.831. The first-order valence-electron chi connectivity index (χ1n) is 11.4. The summed E-state index contributed by atoms with van der Waals surface area (Å²) in [6.45, 7) is 6.60. The van der Waals surface area contributed by atoms with Crippen LogP contribution in [0.4, 0.5) is 10.6 Å². The first-order chi connectivity index (χ1) is 15.4. The van der Waals surface area contributed by atoms with Crippen molar-refractivity contribution in [1.82, 2.24) is 10.3 Å². The van der Waals surface area contributed by atoms with Crippen molar-refractivity contribution >= 4 is 17.8 Å². The first kappa shape index (κ1) is 25.2. The van der Waals surface area contributed by atoms with E-state index >= 15 is 0 Å². The maximum Gasteiger partial charge on any atom is 0.323 e. The third-order valence-electron chi connectivity index (χ3n) is 5.36. The number of carboxylic acid groups (broad SMARTS) is 1. The highest BCUT2D eigenvalue weighted by Gasteiger charge is 2.17. The molecular weight excluding hydrogens is 406 g/mol. The number of hydrogen-bond acceptors (Lipinski definition) is 4. The SMILES string of the molecule is CCCCC(CC)NC(=O)N(C)c1cccc(-c2ccc(CCC(=O)O)cc2OCC)n1. The Morgan fingerprint density at radius 2 is 1.97 bits per heavy atom. The summed E-state index contributed by atoms with van der Waals surface area (Å²) in [5.41, 5.74) is 2.38. The van der Waals surface area contributed by atoms with Gasteiger partial charge in [-0.05, 0) is 56.0 Å². The Hall–Kier alpha value is -3.09. The molecule has 0 saturated heterocycles. The van der Waals surface area contributed by atoms with Gasteiger partial charge in [-0.25, -0.2) is 9.78 Å². The predicted octanol–water partition coefficient (Wildman–Crippen LogP) is 5.28. The second-order valence-electron chi connectivity index (χ2n) is 7.79. The van der Waals surface area contributed by atoms with Crippen molar-refractivity contribution < 1.29 is 19.4 Å². The van der Waals surface area contributed by atoms with Crippen molar-refractivity contribution in [2.75, 3.05) is 18.6 Å². The summed E-state index contributed by atoms with van der Waals surface area (Å²) in [5, 5.41) is 12.0. The van der Waals surface area contributed by atoms with Gasteiger partial charge in [0, 0.05) is 25.1 Å². The molecule has 0 aliphatic carbocycles. The number of hydrogen-bond donors (Lipinski definition) is 2. The zero-order valence-corrected chi connectivity index (χ0v) is 19.6. The van der Waals surface area contributed by atoms with Gasteiger partial charge < -0.3 is 15.2 Å². The van der Waals surface area contributed by atoms with Gasteiger partial charge in [-0.15, -0.1) is 0 Å². The van der Waals surface area contributed by atoms with Crippen molar-refractivity contribution in [2.24, 2.45) is 0 Å². The molecule has 32 heavy (non-hydrogen) atoms. The van der Waals surface area contributed by atoms with Gasteiger partial charge in [0.25, 0.3) is 0 Å². The van der Waals surface area contributed by atoms with E-state index in [1.165, 1.54) is 4.90 Å². The number of nitrogens with zero attached hydrogens (tertiary/aromatic N) is 2. The van der Waals surface area contributed by atoms with Crippen molar-refractivity contribution in [3.8, 4) is 17.0 Å². The molecule has 0 bridgehead atoms. The van der Waals surface area contributed by atoms with Gasteiger partial charge in [0.1, 0.15) is 11.6 Å². The number of pyridine rings is 1. The summed E-state index contributed by atoms with van der Waals surface area (Å²) in [4.78, 5) is 29.9. The van der Waals surface area contributed by atoms with Gasteiger partial charge in [0.05, 0.1) is 12.3 Å². The maximum absolute atomic E-state index is 12.8. The van der Waals surface area contributed by atoms with Crippen LogP contribution < -0.4 is 15.0 Å². The molecule has 1 heterocycles. The Morgan fingerprint density at radius 1 is 1.19 bits per heavy atom. The second-order valence-corrected chi connectivity index (χ2v) is 7.79. The number of aromatic nitrogens is 1. The zero-order chi connectivity index (χ0) is 23.5. The van der Waals surface area contributed by atoms with Crippen LogP contribution in [0.5, 0.6) is 5.75 Å². The van der Waals surface area contributed by atoms with Crippen LogP contribution in [-0.2, 0) is 11.2 Å². The zero-order valence-electron chi connectivity index (χ0n) is 19.6. The molecule has 7 heteroatoms. The molecule has 0 fully saturated rings. The predicted molar refractivity (Wildman–Crippen MR) is 127 cm³/mol. The monoisotopic (exact) mass is 441 g/mol. The van der Waals surface area contributed by atoms with E-state index in [2.05, 4.69) is 19.2 Å². The summed E-state index contributed by atoms with van der Waals surface area (Å²) in [6.07, 6.45) is 4.53. The minimum Gasteiger partial charge on any atom is -0.493 e. The minimum absolute atomic E-state index is 0.0650. The number of amides is 2. The van der Waals surface area contributed by atoms with Crippen molar-refractivity contribution in [1.29, 1.82) is 0 Å². The normalized spacial score (nSPS) is 11.6. The number of carboxylic acids is 1. The average molecular weight is 442 g/mol. The molecular formula is C25H35N3O4. The number of carbonyl (C=O) groups is 2. The summed E-state index contributed by atoms with van der Waals surface area (Å²) < 4.78 is 5.81. The lowest BCUT2D eigenvalue weighted by Gasteiger charge is -2.22. The lowest BCUT2D eigenvalue weighted by molar-refractivity contribution is -0.136. The van der Waals surface area contributed by atoms with E-state index in [1.54, 1.807) is 13.1 Å². The van der Waals surface area contributed by atoms with Crippen molar-refractivity contribution in [2.45, 2.75) is 65.3 Å². The Labute approximate surface area is 190 Å². The van der Waals surface area contributed by atoms with E-state index in [1.807, 2.05) is 37.3 Å². The quantitative estimate of drug-likeness (QED) is 0.468. The summed E-state index contributed by atoms with van der Waals surface area (Å²) >= 11 is 0. The fourth-order valence-corrected chi connectivity index (χ4v) is 3.42. The van der Waals surface area contributed by atoms with Gasteiger partial charge in [0.2, 0.25) is 0 Å². The van der Waals surface area contributed by atoms with Crippen LogP contribution in [0.2, 0.25) is 0 Å². The largest absolute Gasteiger partial charge is 0.493 e. The number of ether oxygens (including phenoxy) is 1. The number of nitrogens with one attached hydrogen (secondary N) is 1. The molecule has 0 saturated carbocycles. The molecule has 2 aromatic rings. The number of benzene rings is 1. The van der Waals surface area contributed by atoms with Crippen LogP contribution in [0.25, 0.3) is 11.3 Å². The van der Waals surface area contributed by atoms with E-state index in [0.717, 1.165) is 36.8 Å². The van der Waals surface area contributed by atoms with E-state index in [4.69, 9.17) is 14.8 Å². The summed E-state index contributed by atoms with van der Waals surface area (Å²) in [5.74, 6) is 0.364. The molecule has 7 nitrogen and oxygen atoms in total. The number of urea groups is 1. The molecule has 0 aliphatic heterocycles. The van der Waals surface area contributed by atoms with Crippen LogP contribution in [0, 0.1) is 0 Å². The number of aryl methyl sites for hydroxylation is 1. The molecule has 2 rings (SSSR count). The molecule has 2 N–H and O–H groups in total. The van der Waals surface area contributed by atoms with Gasteiger partial charge in [-0.1, -0.05) is 38.8 Å². The summed E-state index contributed by atoms with van der Waals surface area (Å²) in [6, 6.07) is 11.2. The smallest absolute Gasteiger partial charge is 0.323 e. The second kappa shape index (κ2) is 12.7. The number of unbranched alkanes of at least 4 members (excludes halogenated alkanes) is 1. The molecule has 1 aromatic heterocycles. The van der Waals surface area contributed by atoms with E-state index in [0.29, 0.717) is 30.3 Å². The van der Waals surface area contributed by atoms with E-state index in [-0.39, 0.29) is 18.5 Å². The highest BCUT2D eigenvalue weighted by molar-refractivity contribution is 5.91. The molecule has 0 spiro atoms. The summed E-state index contributed by atoms with van der Waals surface area (Å²) in [7, 11) is 1.71. The fraction of sp³-hybridized carbons (Fsp3) is 0.480. The lowest BCUT2D eigenvalue weighted by atomic mass is 10.0. The van der Waals surface area contributed by atoms with Gasteiger partial charge >= 0.3 is 12.0 Å². The molecule has 2 amide bonds. The number of anilines is 1. The Balaban J connectivity index is 2.24. The topological polar surface area (TPSA) is 91.8 Å². The first-order valence-corrected chi connectivity index (χ1v) is 11.4. The molecule has 1 aromatic carbocycles. The van der Waals surface area contributed by atoms with Crippen LogP contribution >= 0.6 is 0 Å². The molecule has 174 valence electrons. The molecule has 1 atom stereocenters. The number of aliphatic carboxylic acids is 1. The van der Waals surface area contributed by atoms with Gasteiger partial charge in [0.15, 0.2) is 0 Å². The van der Waals surface area contributed by atoms with Crippen LogP contribution in [0.15, 0.2) is 36.4 Å². The number of carbonyl (C=O) groups excluding carboxylic acids is 1.